The van der Waals surface area contributed by atoms with E-state index >= 15 is 0 Å². The Labute approximate surface area is 235 Å². The standard InChI is InChI=1S/C31H25ClN4O4/c1-19(37)24-9-8-22(32)14-25(24)26-15-30(38)36(18-29(26)40-2)28(12-20-6-4-3-5-7-20)31(39)35-23-13-21-16-33-11-10-27(21)34-17-23/h3-11,13-18,28H,12H2,1-2H3,(H,35,39). The first-order valence-electron chi connectivity index (χ1n) is 12.5. The van der Waals surface area contributed by atoms with Crippen molar-refractivity contribution in [3.05, 3.63) is 118 Å². The lowest BCUT2D eigenvalue weighted by molar-refractivity contribution is -0.119. The quantitative estimate of drug-likeness (QED) is 0.246. The van der Waals surface area contributed by atoms with Crippen LogP contribution in [0.3, 0.4) is 0 Å². The maximum Gasteiger partial charge on any atom is 0.252 e. The minimum Gasteiger partial charge on any atom is -0.495 e. The predicted octanol–water partition coefficient (Wildman–Crippen LogP) is 5.75. The number of Topliss-reactive ketones (excluding diaryl/α,β-unsaturated/α-hetero) is 1. The summed E-state index contributed by atoms with van der Waals surface area (Å²) < 4.78 is 7.00. The van der Waals surface area contributed by atoms with Gasteiger partial charge in [0, 0.05) is 46.4 Å². The van der Waals surface area contributed by atoms with E-state index in [4.69, 9.17) is 16.3 Å². The number of carbonyl (C=O) groups excluding carboxylic acids is 2. The molecule has 0 bridgehead atoms. The second-order valence-corrected chi connectivity index (χ2v) is 9.67. The summed E-state index contributed by atoms with van der Waals surface area (Å²) in [6, 6.07) is 18.3. The van der Waals surface area contributed by atoms with E-state index in [0.717, 1.165) is 16.5 Å². The molecule has 0 spiro atoms. The van der Waals surface area contributed by atoms with Crippen molar-refractivity contribution in [2.24, 2.45) is 0 Å². The van der Waals surface area contributed by atoms with Crippen molar-refractivity contribution in [2.75, 3.05) is 12.4 Å². The fourth-order valence-electron chi connectivity index (χ4n) is 4.61. The van der Waals surface area contributed by atoms with Crippen molar-refractivity contribution in [1.82, 2.24) is 14.5 Å². The van der Waals surface area contributed by atoms with Gasteiger partial charge in [-0.05, 0) is 48.4 Å². The first kappa shape index (κ1) is 26.8. The Hall–Kier alpha value is -4.82. The number of carbonyl (C=O) groups is 2. The number of ketones is 1. The number of anilines is 1. The SMILES string of the molecule is COc1cn(C(Cc2ccccc2)C(=O)Nc2cnc3ccncc3c2)c(=O)cc1-c1cc(Cl)ccc1C(C)=O. The number of methoxy groups -OCH3 is 1. The molecule has 0 aliphatic heterocycles. The lowest BCUT2D eigenvalue weighted by Crippen LogP contribution is -2.34. The van der Waals surface area contributed by atoms with E-state index in [1.54, 1.807) is 48.9 Å². The van der Waals surface area contributed by atoms with Gasteiger partial charge in [0.25, 0.3) is 5.56 Å². The zero-order valence-electron chi connectivity index (χ0n) is 21.8. The summed E-state index contributed by atoms with van der Waals surface area (Å²) in [7, 11) is 1.46. The molecule has 5 aromatic rings. The topological polar surface area (TPSA) is 103 Å². The first-order valence-corrected chi connectivity index (χ1v) is 12.9. The van der Waals surface area contributed by atoms with Crippen molar-refractivity contribution in [3.8, 4) is 16.9 Å². The van der Waals surface area contributed by atoms with Crippen LogP contribution in [0.25, 0.3) is 22.0 Å². The molecule has 2 aromatic carbocycles. The number of fused-ring (bicyclic) bond motifs is 1. The number of hydrogen-bond acceptors (Lipinski definition) is 6. The molecular weight excluding hydrogens is 528 g/mol. The molecule has 200 valence electrons. The highest BCUT2D eigenvalue weighted by molar-refractivity contribution is 6.31. The number of halogens is 1. The molecule has 5 rings (SSSR count). The van der Waals surface area contributed by atoms with Gasteiger partial charge in [-0.15, -0.1) is 0 Å². The molecule has 9 heteroatoms. The van der Waals surface area contributed by atoms with E-state index in [-0.39, 0.29) is 12.2 Å². The summed E-state index contributed by atoms with van der Waals surface area (Å²) in [6.07, 6.45) is 6.62. The summed E-state index contributed by atoms with van der Waals surface area (Å²) in [5, 5.41) is 4.08. The molecule has 0 saturated carbocycles. The summed E-state index contributed by atoms with van der Waals surface area (Å²) in [4.78, 5) is 48.2. The highest BCUT2D eigenvalue weighted by Crippen LogP contribution is 2.34. The summed E-state index contributed by atoms with van der Waals surface area (Å²) in [5.41, 5.74) is 2.93. The van der Waals surface area contributed by atoms with E-state index in [0.29, 0.717) is 33.1 Å². The van der Waals surface area contributed by atoms with Crippen molar-refractivity contribution in [3.63, 3.8) is 0 Å². The molecule has 0 fully saturated rings. The number of benzene rings is 2. The number of nitrogens with one attached hydrogen (secondary N) is 1. The smallest absolute Gasteiger partial charge is 0.252 e. The van der Waals surface area contributed by atoms with Crippen LogP contribution in [-0.4, -0.2) is 33.3 Å². The number of hydrogen-bond donors (Lipinski definition) is 1. The Kier molecular flexibility index (Phi) is 7.70. The lowest BCUT2D eigenvalue weighted by Gasteiger charge is -2.22. The fourth-order valence-corrected chi connectivity index (χ4v) is 4.78. The molecule has 1 N–H and O–H groups in total. The molecule has 1 unspecified atom stereocenters. The van der Waals surface area contributed by atoms with Crippen LogP contribution < -0.4 is 15.6 Å². The van der Waals surface area contributed by atoms with E-state index in [9.17, 15) is 14.4 Å². The number of ether oxygens (including phenoxy) is 1. The van der Waals surface area contributed by atoms with Crippen molar-refractivity contribution < 1.29 is 14.3 Å². The van der Waals surface area contributed by atoms with Crippen LogP contribution in [0.1, 0.15) is 28.9 Å². The number of aromatic nitrogens is 3. The van der Waals surface area contributed by atoms with E-state index < -0.39 is 17.5 Å². The largest absolute Gasteiger partial charge is 0.495 e. The van der Waals surface area contributed by atoms with Gasteiger partial charge in [-0.25, -0.2) is 0 Å². The third kappa shape index (κ3) is 5.62. The van der Waals surface area contributed by atoms with Gasteiger partial charge in [0.05, 0.1) is 30.7 Å². The fraction of sp³-hybridized carbons (Fsp3) is 0.129. The molecule has 0 aliphatic rings. The maximum atomic E-state index is 13.7. The van der Waals surface area contributed by atoms with Gasteiger partial charge in [0.1, 0.15) is 11.8 Å². The number of pyridine rings is 3. The Morgan fingerprint density at radius 1 is 1.02 bits per heavy atom. The molecular formula is C31H25ClN4O4. The van der Waals surface area contributed by atoms with Gasteiger partial charge in [-0.1, -0.05) is 41.9 Å². The molecule has 0 radical (unpaired) electrons. The van der Waals surface area contributed by atoms with Gasteiger partial charge < -0.3 is 10.1 Å². The Balaban J connectivity index is 1.58. The van der Waals surface area contributed by atoms with E-state index in [1.807, 2.05) is 30.3 Å². The molecule has 0 aliphatic carbocycles. The lowest BCUT2D eigenvalue weighted by atomic mass is 9.97. The van der Waals surface area contributed by atoms with Crippen LogP contribution >= 0.6 is 11.6 Å². The van der Waals surface area contributed by atoms with Crippen LogP contribution in [0.4, 0.5) is 5.69 Å². The zero-order chi connectivity index (χ0) is 28.2. The van der Waals surface area contributed by atoms with Gasteiger partial charge in [0.2, 0.25) is 5.91 Å². The first-order chi connectivity index (χ1) is 19.3. The van der Waals surface area contributed by atoms with Crippen LogP contribution in [0.5, 0.6) is 5.75 Å². The van der Waals surface area contributed by atoms with Gasteiger partial charge in [0.15, 0.2) is 5.78 Å². The monoisotopic (exact) mass is 552 g/mol. The maximum absolute atomic E-state index is 13.7. The second kappa shape index (κ2) is 11.5. The number of amides is 1. The van der Waals surface area contributed by atoms with E-state index in [1.165, 1.54) is 30.9 Å². The molecule has 1 amide bonds. The third-order valence-corrected chi connectivity index (χ3v) is 6.81. The average molecular weight is 553 g/mol. The molecule has 3 heterocycles. The number of rotatable bonds is 8. The summed E-state index contributed by atoms with van der Waals surface area (Å²) in [5.74, 6) is -0.273. The van der Waals surface area contributed by atoms with Gasteiger partial charge >= 0.3 is 0 Å². The predicted molar refractivity (Wildman–Crippen MR) is 155 cm³/mol. The summed E-state index contributed by atoms with van der Waals surface area (Å²) in [6.45, 7) is 1.44. The number of nitrogens with zero attached hydrogens (tertiary/aromatic N) is 3. The Bertz CT molecular complexity index is 1790. The molecule has 1 atom stereocenters. The molecule has 0 saturated heterocycles. The molecule has 8 nitrogen and oxygen atoms in total. The van der Waals surface area contributed by atoms with Gasteiger partial charge in [-0.2, -0.15) is 0 Å². The van der Waals surface area contributed by atoms with E-state index in [2.05, 4.69) is 15.3 Å². The molecule has 3 aromatic heterocycles. The van der Waals surface area contributed by atoms with Crippen LogP contribution in [0, 0.1) is 0 Å². The Morgan fingerprint density at radius 3 is 2.58 bits per heavy atom. The van der Waals surface area contributed by atoms with Crippen molar-refractivity contribution >= 4 is 39.9 Å². The highest BCUT2D eigenvalue weighted by atomic mass is 35.5. The Morgan fingerprint density at radius 2 is 1.82 bits per heavy atom. The van der Waals surface area contributed by atoms with Crippen molar-refractivity contribution in [2.45, 2.75) is 19.4 Å². The second-order valence-electron chi connectivity index (χ2n) is 9.23. The average Bonchev–Trinajstić information content (AvgIpc) is 2.96. The third-order valence-electron chi connectivity index (χ3n) is 6.57. The van der Waals surface area contributed by atoms with Crippen LogP contribution in [0.15, 0.2) is 96.3 Å². The van der Waals surface area contributed by atoms with Crippen molar-refractivity contribution in [1.29, 1.82) is 0 Å². The van der Waals surface area contributed by atoms with Crippen LogP contribution in [-0.2, 0) is 11.2 Å². The molecule has 40 heavy (non-hydrogen) atoms. The van der Waals surface area contributed by atoms with Gasteiger partial charge in [-0.3, -0.25) is 28.9 Å². The summed E-state index contributed by atoms with van der Waals surface area (Å²) >= 11 is 6.24. The highest BCUT2D eigenvalue weighted by Gasteiger charge is 2.25. The zero-order valence-corrected chi connectivity index (χ0v) is 22.6. The minimum atomic E-state index is -0.922. The normalized spacial score (nSPS) is 11.7. The minimum absolute atomic E-state index is 0.182. The van der Waals surface area contributed by atoms with Crippen LogP contribution in [0.2, 0.25) is 5.02 Å².